The molecule has 1 aromatic rings. The van der Waals surface area contributed by atoms with E-state index in [2.05, 4.69) is 23.1 Å². The maximum absolute atomic E-state index is 5.68. The largest absolute Gasteiger partial charge is 0.496 e. The quantitative estimate of drug-likeness (QED) is 0.880. The van der Waals surface area contributed by atoms with Gasteiger partial charge in [-0.05, 0) is 30.4 Å². The van der Waals surface area contributed by atoms with Gasteiger partial charge in [0.1, 0.15) is 5.75 Å². The fraction of sp³-hybridized carbons (Fsp3) is 0.600. The Labute approximate surface area is 109 Å². The molecule has 0 saturated carbocycles. The van der Waals surface area contributed by atoms with Crippen molar-refractivity contribution in [1.82, 2.24) is 4.90 Å². The zero-order valence-electron chi connectivity index (χ0n) is 11.1. The molecular weight excluding hydrogens is 224 g/mol. The summed E-state index contributed by atoms with van der Waals surface area (Å²) in [5.74, 6) is 2.52. The standard InChI is InChI=1S/C15H22N2O/c1-18-14-4-2-3-11-5-6-12-9-17(8-7-16)10-13(12)15(11)14/h2-4,12-13H,5-10,16H2,1H3. The van der Waals surface area contributed by atoms with Gasteiger partial charge in [-0.15, -0.1) is 0 Å². The summed E-state index contributed by atoms with van der Waals surface area (Å²) in [7, 11) is 1.78. The molecule has 0 aromatic heterocycles. The summed E-state index contributed by atoms with van der Waals surface area (Å²) in [6, 6.07) is 6.48. The van der Waals surface area contributed by atoms with Crippen molar-refractivity contribution in [2.24, 2.45) is 11.7 Å². The first-order valence-corrected chi connectivity index (χ1v) is 6.91. The van der Waals surface area contributed by atoms with E-state index >= 15 is 0 Å². The molecule has 3 heteroatoms. The van der Waals surface area contributed by atoms with Crippen LogP contribution in [0, 0.1) is 5.92 Å². The normalized spacial score (nSPS) is 26.8. The van der Waals surface area contributed by atoms with E-state index in [0.29, 0.717) is 5.92 Å². The summed E-state index contributed by atoms with van der Waals surface area (Å²) in [6.45, 7) is 4.14. The Morgan fingerprint density at radius 1 is 1.39 bits per heavy atom. The molecule has 0 radical (unpaired) electrons. The van der Waals surface area contributed by atoms with Gasteiger partial charge in [-0.3, -0.25) is 0 Å². The first-order valence-electron chi connectivity index (χ1n) is 6.91. The molecule has 0 bridgehead atoms. The lowest BCUT2D eigenvalue weighted by Crippen LogP contribution is -2.27. The van der Waals surface area contributed by atoms with Gasteiger partial charge in [-0.25, -0.2) is 0 Å². The highest BCUT2D eigenvalue weighted by atomic mass is 16.5. The summed E-state index contributed by atoms with van der Waals surface area (Å²) >= 11 is 0. The van der Waals surface area contributed by atoms with Crippen LogP contribution in [-0.2, 0) is 6.42 Å². The summed E-state index contributed by atoms with van der Waals surface area (Å²) in [6.07, 6.45) is 2.51. The van der Waals surface area contributed by atoms with E-state index in [1.165, 1.54) is 30.5 Å². The highest BCUT2D eigenvalue weighted by Gasteiger charge is 2.38. The molecule has 2 aliphatic rings. The van der Waals surface area contributed by atoms with Crippen LogP contribution < -0.4 is 10.5 Å². The van der Waals surface area contributed by atoms with E-state index in [-0.39, 0.29) is 0 Å². The molecule has 1 aromatic carbocycles. The zero-order chi connectivity index (χ0) is 12.5. The van der Waals surface area contributed by atoms with Crippen LogP contribution in [0.15, 0.2) is 18.2 Å². The van der Waals surface area contributed by atoms with E-state index in [0.717, 1.165) is 31.3 Å². The van der Waals surface area contributed by atoms with Crippen LogP contribution in [0.5, 0.6) is 5.75 Å². The van der Waals surface area contributed by atoms with E-state index in [1.54, 1.807) is 7.11 Å². The Kier molecular flexibility index (Phi) is 3.27. The molecule has 3 rings (SSSR count). The van der Waals surface area contributed by atoms with Gasteiger partial charge in [0.15, 0.2) is 0 Å². The minimum Gasteiger partial charge on any atom is -0.496 e. The van der Waals surface area contributed by atoms with Crippen LogP contribution in [-0.4, -0.2) is 38.2 Å². The van der Waals surface area contributed by atoms with Crippen LogP contribution >= 0.6 is 0 Å². The molecule has 1 saturated heterocycles. The lowest BCUT2D eigenvalue weighted by Gasteiger charge is -2.28. The first kappa shape index (κ1) is 12.0. The van der Waals surface area contributed by atoms with Crippen molar-refractivity contribution in [3.63, 3.8) is 0 Å². The number of rotatable bonds is 3. The molecule has 0 spiro atoms. The Bertz CT molecular complexity index is 418. The summed E-state index contributed by atoms with van der Waals surface area (Å²) < 4.78 is 5.57. The van der Waals surface area contributed by atoms with Crippen LogP contribution in [0.1, 0.15) is 23.5 Å². The highest BCUT2D eigenvalue weighted by molar-refractivity contribution is 5.45. The minimum atomic E-state index is 0.649. The number of fused-ring (bicyclic) bond motifs is 3. The molecule has 1 heterocycles. The molecule has 98 valence electrons. The third kappa shape index (κ3) is 1.91. The van der Waals surface area contributed by atoms with Crippen molar-refractivity contribution >= 4 is 0 Å². The lowest BCUT2D eigenvalue weighted by atomic mass is 9.76. The molecule has 2 N–H and O–H groups in total. The van der Waals surface area contributed by atoms with Gasteiger partial charge in [-0.2, -0.15) is 0 Å². The minimum absolute atomic E-state index is 0.649. The molecule has 1 aliphatic carbocycles. The average Bonchev–Trinajstić information content (AvgIpc) is 2.81. The molecule has 0 amide bonds. The molecule has 18 heavy (non-hydrogen) atoms. The maximum Gasteiger partial charge on any atom is 0.122 e. The number of aryl methyl sites for hydroxylation is 1. The second-order valence-corrected chi connectivity index (χ2v) is 5.49. The van der Waals surface area contributed by atoms with Gasteiger partial charge < -0.3 is 15.4 Å². The number of methoxy groups -OCH3 is 1. The highest BCUT2D eigenvalue weighted by Crippen LogP contribution is 2.45. The topological polar surface area (TPSA) is 38.5 Å². The van der Waals surface area contributed by atoms with Gasteiger partial charge in [-0.1, -0.05) is 12.1 Å². The van der Waals surface area contributed by atoms with Crippen molar-refractivity contribution in [2.45, 2.75) is 18.8 Å². The number of hydrogen-bond donors (Lipinski definition) is 1. The van der Waals surface area contributed by atoms with E-state index in [1.807, 2.05) is 0 Å². The third-order valence-electron chi connectivity index (χ3n) is 4.49. The first-order chi connectivity index (χ1) is 8.83. The van der Waals surface area contributed by atoms with Crippen LogP contribution in [0.3, 0.4) is 0 Å². The number of ether oxygens (including phenoxy) is 1. The smallest absolute Gasteiger partial charge is 0.122 e. The van der Waals surface area contributed by atoms with Crippen molar-refractivity contribution < 1.29 is 4.74 Å². The summed E-state index contributed by atoms with van der Waals surface area (Å²) in [4.78, 5) is 2.51. The van der Waals surface area contributed by atoms with Gasteiger partial charge in [0.25, 0.3) is 0 Å². The molecular formula is C15H22N2O. The van der Waals surface area contributed by atoms with E-state index < -0.39 is 0 Å². The van der Waals surface area contributed by atoms with Gasteiger partial charge in [0, 0.05) is 37.7 Å². The van der Waals surface area contributed by atoms with Gasteiger partial charge in [0.05, 0.1) is 7.11 Å². The second kappa shape index (κ2) is 4.90. The monoisotopic (exact) mass is 246 g/mol. The Hall–Kier alpha value is -1.06. The van der Waals surface area contributed by atoms with Crippen molar-refractivity contribution in [1.29, 1.82) is 0 Å². The number of likely N-dealkylation sites (tertiary alicyclic amines) is 1. The van der Waals surface area contributed by atoms with Gasteiger partial charge >= 0.3 is 0 Å². The second-order valence-electron chi connectivity index (χ2n) is 5.49. The molecule has 2 unspecified atom stereocenters. The van der Waals surface area contributed by atoms with Gasteiger partial charge in [0.2, 0.25) is 0 Å². The Balaban J connectivity index is 1.92. The van der Waals surface area contributed by atoms with E-state index in [9.17, 15) is 0 Å². The Morgan fingerprint density at radius 3 is 3.06 bits per heavy atom. The Morgan fingerprint density at radius 2 is 2.28 bits per heavy atom. The summed E-state index contributed by atoms with van der Waals surface area (Å²) in [5, 5.41) is 0. The van der Waals surface area contributed by atoms with Crippen molar-refractivity contribution in [2.75, 3.05) is 33.3 Å². The summed E-state index contributed by atoms with van der Waals surface area (Å²) in [5.41, 5.74) is 8.64. The lowest BCUT2D eigenvalue weighted by molar-refractivity contribution is 0.330. The third-order valence-corrected chi connectivity index (χ3v) is 4.49. The molecule has 3 nitrogen and oxygen atoms in total. The fourth-order valence-electron chi connectivity index (χ4n) is 3.69. The number of nitrogens with zero attached hydrogens (tertiary/aromatic N) is 1. The average molecular weight is 246 g/mol. The van der Waals surface area contributed by atoms with Crippen molar-refractivity contribution in [3.05, 3.63) is 29.3 Å². The predicted molar refractivity (Wildman–Crippen MR) is 73.0 cm³/mol. The fourth-order valence-corrected chi connectivity index (χ4v) is 3.69. The predicted octanol–water partition coefficient (Wildman–Crippen LogP) is 1.62. The molecule has 1 fully saturated rings. The van der Waals surface area contributed by atoms with E-state index in [4.69, 9.17) is 10.5 Å². The maximum atomic E-state index is 5.68. The number of hydrogen-bond acceptors (Lipinski definition) is 3. The molecule has 1 aliphatic heterocycles. The zero-order valence-corrected chi connectivity index (χ0v) is 11.1. The van der Waals surface area contributed by atoms with Crippen LogP contribution in [0.2, 0.25) is 0 Å². The molecule has 2 atom stereocenters. The number of nitrogens with two attached hydrogens (primary N) is 1. The number of benzene rings is 1. The van der Waals surface area contributed by atoms with Crippen molar-refractivity contribution in [3.8, 4) is 5.75 Å². The SMILES string of the molecule is COc1cccc2c1C1CN(CCN)CC1CC2. The van der Waals surface area contributed by atoms with Crippen LogP contribution in [0.4, 0.5) is 0 Å². The van der Waals surface area contributed by atoms with Crippen LogP contribution in [0.25, 0.3) is 0 Å².